The number of carbonyl (C=O) groups excluding carboxylic acids is 2. The first-order valence-corrected chi connectivity index (χ1v) is 5.99. The molecule has 6 heteroatoms. The smallest absolute Gasteiger partial charge is 0.323 e. The third-order valence-corrected chi connectivity index (χ3v) is 3.33. The molecule has 1 aromatic rings. The lowest BCUT2D eigenvalue weighted by atomic mass is 9.99. The Hall–Kier alpha value is -2.42. The van der Waals surface area contributed by atoms with E-state index in [1.54, 1.807) is 19.1 Å². The van der Waals surface area contributed by atoms with E-state index in [1.165, 1.54) is 11.1 Å². The van der Waals surface area contributed by atoms with E-state index >= 15 is 0 Å². The van der Waals surface area contributed by atoms with Gasteiger partial charge in [0.2, 0.25) is 0 Å². The van der Waals surface area contributed by atoms with E-state index in [2.05, 4.69) is 10.3 Å². The number of nitrogens with one attached hydrogen (secondary N) is 1. The Labute approximate surface area is 111 Å². The fraction of sp³-hybridized carbons (Fsp3) is 0.385. The fourth-order valence-corrected chi connectivity index (χ4v) is 1.95. The molecule has 98 valence electrons. The molecular formula is C13H14N4O2. The zero-order chi connectivity index (χ0) is 14.0. The van der Waals surface area contributed by atoms with Crippen molar-refractivity contribution < 1.29 is 9.59 Å². The van der Waals surface area contributed by atoms with Crippen LogP contribution in [0.25, 0.3) is 0 Å². The lowest BCUT2D eigenvalue weighted by molar-refractivity contribution is -0.131. The van der Waals surface area contributed by atoms with Gasteiger partial charge in [-0.1, -0.05) is 6.92 Å². The number of imide groups is 1. The standard InChI is InChI=1S/C13H14N4O2/c1-3-13(2)11(18)17(12(19)16-13)8-9-4-5-15-10(6-9)7-14/h4-6H,3,8H2,1-2H3,(H,16,19). The lowest BCUT2D eigenvalue weighted by Crippen LogP contribution is -2.43. The quantitative estimate of drug-likeness (QED) is 0.825. The monoisotopic (exact) mass is 258 g/mol. The van der Waals surface area contributed by atoms with Crippen LogP contribution >= 0.6 is 0 Å². The molecule has 6 nitrogen and oxygen atoms in total. The van der Waals surface area contributed by atoms with Crippen LogP contribution in [0.15, 0.2) is 18.3 Å². The summed E-state index contributed by atoms with van der Waals surface area (Å²) < 4.78 is 0. The van der Waals surface area contributed by atoms with E-state index < -0.39 is 11.6 Å². The number of urea groups is 1. The van der Waals surface area contributed by atoms with Crippen LogP contribution in [-0.2, 0) is 11.3 Å². The summed E-state index contributed by atoms with van der Waals surface area (Å²) in [6.45, 7) is 3.71. The van der Waals surface area contributed by atoms with E-state index in [-0.39, 0.29) is 18.1 Å². The molecule has 1 N–H and O–H groups in total. The predicted molar refractivity (Wildman–Crippen MR) is 66.7 cm³/mol. The summed E-state index contributed by atoms with van der Waals surface area (Å²) in [4.78, 5) is 29.0. The number of rotatable bonds is 3. The van der Waals surface area contributed by atoms with Gasteiger partial charge in [0.25, 0.3) is 5.91 Å². The molecule has 1 atom stereocenters. The molecule has 0 aromatic carbocycles. The maximum absolute atomic E-state index is 12.2. The molecule has 19 heavy (non-hydrogen) atoms. The first-order chi connectivity index (χ1) is 9.00. The minimum absolute atomic E-state index is 0.150. The summed E-state index contributed by atoms with van der Waals surface area (Å²) in [7, 11) is 0. The molecule has 0 saturated carbocycles. The Bertz CT molecular complexity index is 578. The third kappa shape index (κ3) is 2.27. The van der Waals surface area contributed by atoms with Crippen LogP contribution in [0, 0.1) is 11.3 Å². The summed E-state index contributed by atoms with van der Waals surface area (Å²) in [5.74, 6) is -0.240. The van der Waals surface area contributed by atoms with Gasteiger partial charge in [-0.05, 0) is 31.0 Å². The highest BCUT2D eigenvalue weighted by Gasteiger charge is 2.46. The van der Waals surface area contributed by atoms with Gasteiger partial charge in [0, 0.05) is 6.20 Å². The van der Waals surface area contributed by atoms with Crippen LogP contribution in [0.2, 0.25) is 0 Å². The topological polar surface area (TPSA) is 86.1 Å². The second-order valence-corrected chi connectivity index (χ2v) is 4.67. The number of nitrogens with zero attached hydrogens (tertiary/aromatic N) is 3. The van der Waals surface area contributed by atoms with Gasteiger partial charge < -0.3 is 5.32 Å². The minimum atomic E-state index is -0.831. The van der Waals surface area contributed by atoms with Crippen molar-refractivity contribution in [2.45, 2.75) is 32.4 Å². The van der Waals surface area contributed by atoms with E-state index in [9.17, 15) is 9.59 Å². The molecule has 0 spiro atoms. The predicted octanol–water partition coefficient (Wildman–Crippen LogP) is 1.17. The second-order valence-electron chi connectivity index (χ2n) is 4.67. The van der Waals surface area contributed by atoms with E-state index in [1.807, 2.05) is 13.0 Å². The normalized spacial score (nSPS) is 22.3. The minimum Gasteiger partial charge on any atom is -0.323 e. The first kappa shape index (κ1) is 13.0. The van der Waals surface area contributed by atoms with Crippen LogP contribution in [0.1, 0.15) is 31.5 Å². The molecule has 1 unspecified atom stereocenters. The summed E-state index contributed by atoms with van der Waals surface area (Å²) in [6.07, 6.45) is 2.03. The molecule has 1 aliphatic rings. The highest BCUT2D eigenvalue weighted by atomic mass is 16.2. The fourth-order valence-electron chi connectivity index (χ4n) is 1.95. The van der Waals surface area contributed by atoms with E-state index in [0.29, 0.717) is 12.0 Å². The van der Waals surface area contributed by atoms with Crippen molar-refractivity contribution in [1.29, 1.82) is 5.26 Å². The Morgan fingerprint density at radius 2 is 2.26 bits per heavy atom. The average Bonchev–Trinajstić information content (AvgIpc) is 2.63. The molecule has 3 amide bonds. The molecule has 1 fully saturated rings. The summed E-state index contributed by atoms with van der Waals surface area (Å²) >= 11 is 0. The van der Waals surface area contributed by atoms with Gasteiger partial charge in [-0.15, -0.1) is 0 Å². The highest BCUT2D eigenvalue weighted by Crippen LogP contribution is 2.22. The van der Waals surface area contributed by atoms with Crippen molar-refractivity contribution in [1.82, 2.24) is 15.2 Å². The summed E-state index contributed by atoms with van der Waals surface area (Å²) in [6, 6.07) is 4.78. The zero-order valence-corrected chi connectivity index (χ0v) is 10.8. The number of amides is 3. The van der Waals surface area contributed by atoms with Crippen molar-refractivity contribution in [2.75, 3.05) is 0 Å². The SMILES string of the molecule is CCC1(C)NC(=O)N(Cc2ccnc(C#N)c2)C1=O. The molecule has 0 aliphatic carbocycles. The maximum Gasteiger partial charge on any atom is 0.325 e. The lowest BCUT2D eigenvalue weighted by Gasteiger charge is -2.19. The first-order valence-electron chi connectivity index (χ1n) is 5.99. The van der Waals surface area contributed by atoms with Crippen molar-refractivity contribution in [3.8, 4) is 6.07 Å². The molecular weight excluding hydrogens is 244 g/mol. The molecule has 0 bridgehead atoms. The molecule has 2 rings (SSSR count). The van der Waals surface area contributed by atoms with Crippen LogP contribution in [0.4, 0.5) is 4.79 Å². The molecule has 2 heterocycles. The molecule has 1 aliphatic heterocycles. The van der Waals surface area contributed by atoms with Gasteiger partial charge >= 0.3 is 6.03 Å². The van der Waals surface area contributed by atoms with Gasteiger partial charge in [-0.3, -0.25) is 9.69 Å². The van der Waals surface area contributed by atoms with Gasteiger partial charge in [0.15, 0.2) is 0 Å². The van der Waals surface area contributed by atoms with Crippen molar-refractivity contribution in [2.24, 2.45) is 0 Å². The summed E-state index contributed by atoms with van der Waals surface area (Å²) in [5.41, 5.74) is 0.139. The van der Waals surface area contributed by atoms with Gasteiger partial charge in [-0.25, -0.2) is 9.78 Å². The summed E-state index contributed by atoms with van der Waals surface area (Å²) in [5, 5.41) is 11.5. The van der Waals surface area contributed by atoms with Crippen LogP contribution in [-0.4, -0.2) is 27.4 Å². The van der Waals surface area contributed by atoms with Crippen molar-refractivity contribution in [3.05, 3.63) is 29.6 Å². The number of carbonyl (C=O) groups is 2. The number of pyridine rings is 1. The largest absolute Gasteiger partial charge is 0.325 e. The average molecular weight is 258 g/mol. The Kier molecular flexibility index (Phi) is 3.21. The maximum atomic E-state index is 12.2. The highest BCUT2D eigenvalue weighted by molar-refractivity contribution is 6.06. The molecule has 0 radical (unpaired) electrons. The van der Waals surface area contributed by atoms with E-state index in [4.69, 9.17) is 5.26 Å². The van der Waals surface area contributed by atoms with Gasteiger partial charge in [0.05, 0.1) is 6.54 Å². The second kappa shape index (κ2) is 4.69. The number of hydrogen-bond acceptors (Lipinski definition) is 4. The number of aromatic nitrogens is 1. The van der Waals surface area contributed by atoms with Crippen molar-refractivity contribution >= 4 is 11.9 Å². The Morgan fingerprint density at radius 3 is 2.84 bits per heavy atom. The van der Waals surface area contributed by atoms with Gasteiger partial charge in [0.1, 0.15) is 17.3 Å². The van der Waals surface area contributed by atoms with Crippen molar-refractivity contribution in [3.63, 3.8) is 0 Å². The van der Waals surface area contributed by atoms with Crippen LogP contribution in [0.5, 0.6) is 0 Å². The third-order valence-electron chi connectivity index (χ3n) is 3.33. The van der Waals surface area contributed by atoms with Crippen LogP contribution in [0.3, 0.4) is 0 Å². The van der Waals surface area contributed by atoms with E-state index in [0.717, 1.165) is 0 Å². The number of hydrogen-bond donors (Lipinski definition) is 1. The Balaban J connectivity index is 2.22. The van der Waals surface area contributed by atoms with Crippen LogP contribution < -0.4 is 5.32 Å². The zero-order valence-electron chi connectivity index (χ0n) is 10.8. The Morgan fingerprint density at radius 1 is 1.53 bits per heavy atom. The number of nitriles is 1. The molecule has 1 aromatic heterocycles. The van der Waals surface area contributed by atoms with Gasteiger partial charge in [-0.2, -0.15) is 5.26 Å². The molecule has 1 saturated heterocycles.